The molecule has 0 amide bonds. The second-order valence-corrected chi connectivity index (χ2v) is 4.00. The van der Waals surface area contributed by atoms with E-state index in [1.165, 1.54) is 0 Å². The van der Waals surface area contributed by atoms with Gasteiger partial charge in [0.25, 0.3) is 5.56 Å². The minimum Gasteiger partial charge on any atom is -0.351 e. The maximum absolute atomic E-state index is 11.8. The summed E-state index contributed by atoms with van der Waals surface area (Å²) in [6.07, 6.45) is 0. The van der Waals surface area contributed by atoms with Crippen molar-refractivity contribution >= 4 is 22.5 Å². The number of pyridine rings is 1. The van der Waals surface area contributed by atoms with Crippen LogP contribution in [0.25, 0.3) is 11.2 Å². The van der Waals surface area contributed by atoms with Gasteiger partial charge in [0.1, 0.15) is 5.69 Å². The predicted molar refractivity (Wildman–Crippen MR) is 66.9 cm³/mol. The molecular weight excluding hydrogens is 232 g/mol. The molecule has 0 unspecified atom stereocenters. The van der Waals surface area contributed by atoms with Crippen LogP contribution in [0, 0.1) is 6.92 Å². The third-order valence-electron chi connectivity index (χ3n) is 2.60. The van der Waals surface area contributed by atoms with E-state index in [1.54, 1.807) is 6.07 Å². The molecular formula is C12H10N4O2. The zero-order chi connectivity index (χ0) is 12.5. The molecule has 1 aromatic carbocycles. The van der Waals surface area contributed by atoms with Crippen molar-refractivity contribution < 1.29 is 4.63 Å². The molecule has 18 heavy (non-hydrogen) atoms. The van der Waals surface area contributed by atoms with Crippen LogP contribution >= 0.6 is 0 Å². The molecule has 2 heterocycles. The minimum atomic E-state index is -0.265. The fourth-order valence-corrected chi connectivity index (χ4v) is 1.64. The first-order valence-electron chi connectivity index (χ1n) is 5.42. The zero-order valence-corrected chi connectivity index (χ0v) is 9.60. The number of aromatic nitrogens is 3. The molecule has 0 atom stereocenters. The normalized spacial score (nSPS) is 10.7. The molecule has 3 aromatic rings. The molecule has 0 aliphatic heterocycles. The van der Waals surface area contributed by atoms with Crippen molar-refractivity contribution in [2.75, 3.05) is 5.32 Å². The summed E-state index contributed by atoms with van der Waals surface area (Å²) in [4.78, 5) is 14.4. The van der Waals surface area contributed by atoms with Crippen LogP contribution in [-0.4, -0.2) is 15.3 Å². The number of anilines is 2. The summed E-state index contributed by atoms with van der Waals surface area (Å²) in [6, 6.07) is 9.34. The van der Waals surface area contributed by atoms with Gasteiger partial charge < -0.3 is 10.3 Å². The molecule has 3 rings (SSSR count). The number of rotatable bonds is 2. The smallest absolute Gasteiger partial charge is 0.273 e. The monoisotopic (exact) mass is 242 g/mol. The lowest BCUT2D eigenvalue weighted by Gasteiger charge is -2.05. The Kier molecular flexibility index (Phi) is 2.33. The first-order chi connectivity index (χ1) is 8.72. The Morgan fingerprint density at radius 2 is 2.00 bits per heavy atom. The van der Waals surface area contributed by atoms with E-state index in [1.807, 2.05) is 31.2 Å². The van der Waals surface area contributed by atoms with Crippen LogP contribution in [0.1, 0.15) is 5.56 Å². The van der Waals surface area contributed by atoms with Crippen molar-refractivity contribution in [1.29, 1.82) is 0 Å². The maximum Gasteiger partial charge on any atom is 0.273 e. The van der Waals surface area contributed by atoms with Crippen LogP contribution in [-0.2, 0) is 0 Å². The Balaban J connectivity index is 2.01. The highest BCUT2D eigenvalue weighted by Gasteiger charge is 2.06. The molecule has 0 saturated carbocycles. The van der Waals surface area contributed by atoms with Crippen molar-refractivity contribution in [3.05, 3.63) is 46.2 Å². The predicted octanol–water partition coefficient (Wildman–Crippen LogP) is 1.96. The number of fused-ring (bicyclic) bond motifs is 1. The van der Waals surface area contributed by atoms with Crippen LogP contribution in [0.2, 0.25) is 0 Å². The third kappa shape index (κ3) is 1.84. The Hall–Kier alpha value is -2.63. The molecule has 0 aliphatic carbocycles. The molecule has 0 aliphatic rings. The minimum absolute atomic E-state index is 0.265. The van der Waals surface area contributed by atoms with E-state index in [2.05, 4.69) is 25.2 Å². The molecule has 0 saturated heterocycles. The number of nitrogens with zero attached hydrogens (tertiary/aromatic N) is 2. The lowest BCUT2D eigenvalue weighted by atomic mass is 10.2. The van der Waals surface area contributed by atoms with Crippen LogP contribution < -0.4 is 10.9 Å². The molecule has 0 spiro atoms. The van der Waals surface area contributed by atoms with Crippen molar-refractivity contribution in [2.24, 2.45) is 0 Å². The van der Waals surface area contributed by atoms with Gasteiger partial charge in [0.15, 0.2) is 5.52 Å². The SMILES string of the molecule is Cc1ccc(Nc2cc3nonc3[nH]c2=O)cc1. The van der Waals surface area contributed by atoms with Crippen LogP contribution in [0.3, 0.4) is 0 Å². The van der Waals surface area contributed by atoms with E-state index in [4.69, 9.17) is 0 Å². The molecule has 6 heteroatoms. The molecule has 6 nitrogen and oxygen atoms in total. The number of H-pyrrole nitrogens is 1. The van der Waals surface area contributed by atoms with Crippen molar-refractivity contribution in [2.45, 2.75) is 6.92 Å². The standard InChI is InChI=1S/C12H10N4O2/c1-7-2-4-8(5-3-7)13-10-6-9-11(14-12(10)17)16-18-15-9/h2-6,13H,1H3,(H,14,16,17). The highest BCUT2D eigenvalue weighted by molar-refractivity contribution is 5.74. The molecule has 0 fully saturated rings. The highest BCUT2D eigenvalue weighted by Crippen LogP contribution is 2.15. The third-order valence-corrected chi connectivity index (χ3v) is 2.60. The second-order valence-electron chi connectivity index (χ2n) is 4.00. The summed E-state index contributed by atoms with van der Waals surface area (Å²) >= 11 is 0. The topological polar surface area (TPSA) is 83.8 Å². The number of benzene rings is 1. The highest BCUT2D eigenvalue weighted by atomic mass is 16.6. The average molecular weight is 242 g/mol. The molecule has 2 N–H and O–H groups in total. The molecule has 90 valence electrons. The van der Waals surface area contributed by atoms with E-state index in [-0.39, 0.29) is 5.56 Å². The fraction of sp³-hybridized carbons (Fsp3) is 0.0833. The first kappa shape index (κ1) is 10.5. The van der Waals surface area contributed by atoms with Gasteiger partial charge in [-0.1, -0.05) is 17.7 Å². The van der Waals surface area contributed by atoms with Crippen molar-refractivity contribution in [3.8, 4) is 0 Å². The summed E-state index contributed by atoms with van der Waals surface area (Å²) < 4.78 is 4.54. The molecule has 0 radical (unpaired) electrons. The summed E-state index contributed by atoms with van der Waals surface area (Å²) in [5.41, 5.74) is 2.98. The number of hydrogen-bond acceptors (Lipinski definition) is 5. The Morgan fingerprint density at radius 3 is 2.78 bits per heavy atom. The summed E-state index contributed by atoms with van der Waals surface area (Å²) in [7, 11) is 0. The zero-order valence-electron chi connectivity index (χ0n) is 9.60. The first-order valence-corrected chi connectivity index (χ1v) is 5.42. The van der Waals surface area contributed by atoms with Gasteiger partial charge in [-0.2, -0.15) is 0 Å². The van der Waals surface area contributed by atoms with E-state index in [0.29, 0.717) is 16.9 Å². The molecule has 2 aromatic heterocycles. The van der Waals surface area contributed by atoms with Gasteiger partial charge in [0.2, 0.25) is 5.65 Å². The number of aryl methyl sites for hydroxylation is 1. The summed E-state index contributed by atoms with van der Waals surface area (Å²) in [5, 5.41) is 10.3. The van der Waals surface area contributed by atoms with Gasteiger partial charge in [-0.15, -0.1) is 0 Å². The number of aromatic amines is 1. The lowest BCUT2D eigenvalue weighted by molar-refractivity contribution is 0.314. The summed E-state index contributed by atoms with van der Waals surface area (Å²) in [5.74, 6) is 0. The average Bonchev–Trinajstić information content (AvgIpc) is 2.79. The maximum atomic E-state index is 11.8. The Morgan fingerprint density at radius 1 is 1.22 bits per heavy atom. The van der Waals surface area contributed by atoms with Gasteiger partial charge in [0, 0.05) is 11.8 Å². The van der Waals surface area contributed by atoms with Gasteiger partial charge in [-0.25, -0.2) is 4.63 Å². The molecule has 0 bridgehead atoms. The van der Waals surface area contributed by atoms with Gasteiger partial charge in [-0.05, 0) is 29.4 Å². The van der Waals surface area contributed by atoms with Gasteiger partial charge >= 0.3 is 0 Å². The number of nitrogens with one attached hydrogen (secondary N) is 2. The van der Waals surface area contributed by atoms with Crippen LogP contribution in [0.15, 0.2) is 39.8 Å². The van der Waals surface area contributed by atoms with Crippen molar-refractivity contribution in [3.63, 3.8) is 0 Å². The van der Waals surface area contributed by atoms with Gasteiger partial charge in [-0.3, -0.25) is 4.79 Å². The van der Waals surface area contributed by atoms with Crippen molar-refractivity contribution in [1.82, 2.24) is 15.3 Å². The van der Waals surface area contributed by atoms with E-state index >= 15 is 0 Å². The Bertz CT molecular complexity index is 743. The largest absolute Gasteiger partial charge is 0.351 e. The quantitative estimate of drug-likeness (QED) is 0.717. The lowest BCUT2D eigenvalue weighted by Crippen LogP contribution is -2.11. The Labute approximate surface area is 102 Å². The summed E-state index contributed by atoms with van der Waals surface area (Å²) in [6.45, 7) is 2.00. The van der Waals surface area contributed by atoms with E-state index in [9.17, 15) is 4.79 Å². The van der Waals surface area contributed by atoms with E-state index < -0.39 is 0 Å². The fourth-order valence-electron chi connectivity index (χ4n) is 1.64. The van der Waals surface area contributed by atoms with Crippen LogP contribution in [0.5, 0.6) is 0 Å². The van der Waals surface area contributed by atoms with Crippen LogP contribution in [0.4, 0.5) is 11.4 Å². The van der Waals surface area contributed by atoms with Gasteiger partial charge in [0.05, 0.1) is 0 Å². The second kappa shape index (κ2) is 3.99. The van der Waals surface area contributed by atoms with E-state index in [0.717, 1.165) is 11.3 Å². The number of hydrogen-bond donors (Lipinski definition) is 2.